The Hall–Kier alpha value is -2.00. The number of halogens is 1. The van der Waals surface area contributed by atoms with E-state index in [-0.39, 0.29) is 5.91 Å². The summed E-state index contributed by atoms with van der Waals surface area (Å²) in [5.41, 5.74) is 1.20. The van der Waals surface area contributed by atoms with Crippen LogP contribution in [-0.2, 0) is 11.2 Å². The van der Waals surface area contributed by atoms with Crippen LogP contribution < -0.4 is 4.74 Å². The topological polar surface area (TPSA) is 29.5 Å². The Labute approximate surface area is 149 Å². The van der Waals surface area contributed by atoms with Crippen molar-refractivity contribution in [1.29, 1.82) is 0 Å². The van der Waals surface area contributed by atoms with Gasteiger partial charge >= 0.3 is 0 Å². The number of aryl methyl sites for hydroxylation is 1. The van der Waals surface area contributed by atoms with E-state index in [9.17, 15) is 4.79 Å². The second-order valence-electron chi connectivity index (χ2n) is 5.81. The van der Waals surface area contributed by atoms with E-state index in [1.807, 2.05) is 54.4 Å². The third kappa shape index (κ3) is 6.63. The second kappa shape index (κ2) is 9.99. The van der Waals surface area contributed by atoms with Crippen molar-refractivity contribution in [2.24, 2.45) is 0 Å². The van der Waals surface area contributed by atoms with Crippen molar-refractivity contribution < 1.29 is 9.53 Å². The van der Waals surface area contributed by atoms with Gasteiger partial charge in [0.1, 0.15) is 5.75 Å². The molecule has 3 nitrogen and oxygen atoms in total. The van der Waals surface area contributed by atoms with Gasteiger partial charge < -0.3 is 9.64 Å². The van der Waals surface area contributed by atoms with Crippen molar-refractivity contribution in [2.75, 3.05) is 20.2 Å². The maximum absolute atomic E-state index is 12.1. The smallest absolute Gasteiger partial charge is 0.222 e. The molecule has 24 heavy (non-hydrogen) atoms. The minimum absolute atomic E-state index is 0.192. The predicted octanol–water partition coefficient (Wildman–Crippen LogP) is 4.59. The van der Waals surface area contributed by atoms with Gasteiger partial charge in [0.2, 0.25) is 5.91 Å². The van der Waals surface area contributed by atoms with Gasteiger partial charge in [-0.2, -0.15) is 0 Å². The van der Waals surface area contributed by atoms with Crippen LogP contribution in [0.15, 0.2) is 54.6 Å². The maximum atomic E-state index is 12.1. The zero-order valence-electron chi connectivity index (χ0n) is 14.1. The average Bonchev–Trinajstić information content (AvgIpc) is 2.61. The molecule has 0 aliphatic rings. The summed E-state index contributed by atoms with van der Waals surface area (Å²) < 4.78 is 5.65. The molecule has 0 unspecified atom stereocenters. The Morgan fingerprint density at radius 2 is 1.75 bits per heavy atom. The number of unbranched alkanes of at least 4 members (excludes halogenated alkanes) is 1. The molecule has 0 saturated heterocycles. The lowest BCUT2D eigenvalue weighted by atomic mass is 10.1. The number of carbonyl (C=O) groups excluding carboxylic acids is 1. The molecule has 0 spiro atoms. The van der Waals surface area contributed by atoms with Crippen LogP contribution >= 0.6 is 11.6 Å². The molecule has 1 amide bonds. The summed E-state index contributed by atoms with van der Waals surface area (Å²) in [4.78, 5) is 13.9. The molecule has 0 aliphatic heterocycles. The number of ether oxygens (including phenoxy) is 1. The fourth-order valence-corrected chi connectivity index (χ4v) is 2.51. The Kier molecular flexibility index (Phi) is 7.63. The molecule has 0 atom stereocenters. The minimum atomic E-state index is 0.192. The van der Waals surface area contributed by atoms with Crippen LogP contribution in [0.1, 0.15) is 24.8 Å². The first-order valence-electron chi connectivity index (χ1n) is 8.31. The van der Waals surface area contributed by atoms with Crippen molar-refractivity contribution in [3.05, 3.63) is 65.2 Å². The lowest BCUT2D eigenvalue weighted by molar-refractivity contribution is -0.129. The monoisotopic (exact) mass is 345 g/mol. The largest absolute Gasteiger partial charge is 0.494 e. The van der Waals surface area contributed by atoms with E-state index < -0.39 is 0 Å². The molecule has 2 rings (SSSR count). The van der Waals surface area contributed by atoms with Gasteiger partial charge in [-0.25, -0.2) is 0 Å². The van der Waals surface area contributed by atoms with Gasteiger partial charge in [-0.15, -0.1) is 0 Å². The van der Waals surface area contributed by atoms with Gasteiger partial charge in [0.25, 0.3) is 0 Å². The number of rotatable bonds is 9. The molecule has 4 heteroatoms. The molecule has 0 aliphatic carbocycles. The number of hydrogen-bond donors (Lipinski definition) is 0. The lowest BCUT2D eigenvalue weighted by Crippen LogP contribution is -2.28. The molecule has 2 aromatic rings. The van der Waals surface area contributed by atoms with Gasteiger partial charge in [-0.1, -0.05) is 41.9 Å². The highest BCUT2D eigenvalue weighted by Gasteiger charge is 2.08. The summed E-state index contributed by atoms with van der Waals surface area (Å²) in [6, 6.07) is 17.5. The van der Waals surface area contributed by atoms with E-state index in [1.165, 1.54) is 5.56 Å². The van der Waals surface area contributed by atoms with E-state index in [4.69, 9.17) is 16.3 Å². The van der Waals surface area contributed by atoms with Crippen LogP contribution in [0.2, 0.25) is 5.02 Å². The van der Waals surface area contributed by atoms with Crippen molar-refractivity contribution in [2.45, 2.75) is 25.7 Å². The summed E-state index contributed by atoms with van der Waals surface area (Å²) >= 11 is 5.83. The summed E-state index contributed by atoms with van der Waals surface area (Å²) in [5.74, 6) is 1.02. The first-order valence-corrected chi connectivity index (χ1v) is 8.69. The lowest BCUT2D eigenvalue weighted by Gasteiger charge is -2.17. The average molecular weight is 346 g/mol. The highest BCUT2D eigenvalue weighted by molar-refractivity contribution is 6.30. The van der Waals surface area contributed by atoms with Crippen LogP contribution in [0.5, 0.6) is 5.75 Å². The van der Waals surface area contributed by atoms with E-state index in [0.717, 1.165) is 31.6 Å². The Balaban J connectivity index is 1.57. The number of hydrogen-bond acceptors (Lipinski definition) is 2. The van der Waals surface area contributed by atoms with Gasteiger partial charge in [0.05, 0.1) is 6.61 Å². The van der Waals surface area contributed by atoms with E-state index in [2.05, 4.69) is 12.1 Å². The highest BCUT2D eigenvalue weighted by atomic mass is 35.5. The van der Waals surface area contributed by atoms with Crippen LogP contribution in [0.4, 0.5) is 0 Å². The molecule has 0 bridgehead atoms. The zero-order chi connectivity index (χ0) is 17.2. The second-order valence-corrected chi connectivity index (χ2v) is 6.25. The fourth-order valence-electron chi connectivity index (χ4n) is 2.38. The maximum Gasteiger partial charge on any atom is 0.222 e. The number of nitrogens with zero attached hydrogens (tertiary/aromatic N) is 1. The molecule has 0 fully saturated rings. The Morgan fingerprint density at radius 1 is 1.04 bits per heavy atom. The fraction of sp³-hybridized carbons (Fsp3) is 0.350. The van der Waals surface area contributed by atoms with Crippen molar-refractivity contribution in [3.63, 3.8) is 0 Å². The van der Waals surface area contributed by atoms with Crippen molar-refractivity contribution in [3.8, 4) is 5.75 Å². The minimum Gasteiger partial charge on any atom is -0.494 e. The van der Waals surface area contributed by atoms with Crippen LogP contribution in [0, 0.1) is 0 Å². The molecule has 0 aromatic heterocycles. The van der Waals surface area contributed by atoms with Crippen LogP contribution in [-0.4, -0.2) is 31.0 Å². The quantitative estimate of drug-likeness (QED) is 0.622. The standard InChI is InChI=1S/C20H24ClNO2/c1-22(20(23)14-9-17-7-3-2-4-8-17)15-5-6-16-24-19-12-10-18(21)11-13-19/h2-4,7-8,10-13H,5-6,9,14-16H2,1H3. The number of benzene rings is 2. The summed E-state index contributed by atoms with van der Waals surface area (Å²) in [6.07, 6.45) is 3.20. The van der Waals surface area contributed by atoms with E-state index in [1.54, 1.807) is 0 Å². The molecule has 0 radical (unpaired) electrons. The molecular weight excluding hydrogens is 322 g/mol. The molecule has 128 valence electrons. The number of carbonyl (C=O) groups is 1. The Bertz CT molecular complexity index is 613. The third-order valence-corrected chi connectivity index (χ3v) is 4.12. The first-order chi connectivity index (χ1) is 11.6. The third-order valence-electron chi connectivity index (χ3n) is 3.87. The normalized spacial score (nSPS) is 10.4. The molecule has 0 saturated carbocycles. The van der Waals surface area contributed by atoms with E-state index >= 15 is 0 Å². The SMILES string of the molecule is CN(CCCCOc1ccc(Cl)cc1)C(=O)CCc1ccccc1. The van der Waals surface area contributed by atoms with Crippen LogP contribution in [0.3, 0.4) is 0 Å². The van der Waals surface area contributed by atoms with Gasteiger partial charge in [-0.3, -0.25) is 4.79 Å². The Morgan fingerprint density at radius 3 is 2.46 bits per heavy atom. The molecule has 0 heterocycles. The molecular formula is C20H24ClNO2. The summed E-state index contributed by atoms with van der Waals surface area (Å²) in [6.45, 7) is 1.41. The summed E-state index contributed by atoms with van der Waals surface area (Å²) in [5, 5.41) is 0.706. The van der Waals surface area contributed by atoms with E-state index in [0.29, 0.717) is 18.1 Å². The van der Waals surface area contributed by atoms with Gasteiger partial charge in [0.15, 0.2) is 0 Å². The van der Waals surface area contributed by atoms with Crippen molar-refractivity contribution in [1.82, 2.24) is 4.90 Å². The molecule has 2 aromatic carbocycles. The summed E-state index contributed by atoms with van der Waals surface area (Å²) in [7, 11) is 1.87. The zero-order valence-corrected chi connectivity index (χ0v) is 14.8. The first kappa shape index (κ1) is 18.3. The van der Waals surface area contributed by atoms with Gasteiger partial charge in [-0.05, 0) is 49.1 Å². The van der Waals surface area contributed by atoms with Gasteiger partial charge in [0, 0.05) is 25.0 Å². The van der Waals surface area contributed by atoms with Crippen LogP contribution in [0.25, 0.3) is 0 Å². The molecule has 0 N–H and O–H groups in total. The predicted molar refractivity (Wildman–Crippen MR) is 98.6 cm³/mol. The number of amides is 1. The van der Waals surface area contributed by atoms with Crippen molar-refractivity contribution >= 4 is 17.5 Å². The highest BCUT2D eigenvalue weighted by Crippen LogP contribution is 2.15.